The molecule has 2 aromatic rings. The fourth-order valence-electron chi connectivity index (χ4n) is 2.14. The standard InChI is InChI=1S/C18H20N2O/c1-3-4-13-21-18-8-6-5-7-16(18)17-10-9-15(11-12-19)14(2)20-17/h5-10H,3-4,11,13H2,1-2H3. The van der Waals surface area contributed by atoms with Crippen LogP contribution in [0.15, 0.2) is 36.4 Å². The molecule has 0 unspecified atom stereocenters. The smallest absolute Gasteiger partial charge is 0.128 e. The number of para-hydroxylation sites is 1. The Morgan fingerprint density at radius 3 is 2.71 bits per heavy atom. The molecule has 0 saturated carbocycles. The van der Waals surface area contributed by atoms with Crippen LogP contribution in [-0.4, -0.2) is 11.6 Å². The lowest BCUT2D eigenvalue weighted by molar-refractivity contribution is 0.310. The van der Waals surface area contributed by atoms with Crippen LogP contribution in [-0.2, 0) is 6.42 Å². The van der Waals surface area contributed by atoms with Gasteiger partial charge < -0.3 is 4.74 Å². The number of pyridine rings is 1. The fourth-order valence-corrected chi connectivity index (χ4v) is 2.14. The van der Waals surface area contributed by atoms with E-state index in [0.29, 0.717) is 6.42 Å². The third-order valence-electron chi connectivity index (χ3n) is 3.38. The number of aryl methyl sites for hydroxylation is 1. The highest BCUT2D eigenvalue weighted by atomic mass is 16.5. The van der Waals surface area contributed by atoms with Crippen LogP contribution in [0.5, 0.6) is 5.75 Å². The van der Waals surface area contributed by atoms with E-state index in [0.717, 1.165) is 47.7 Å². The summed E-state index contributed by atoms with van der Waals surface area (Å²) >= 11 is 0. The Hall–Kier alpha value is -2.34. The molecule has 108 valence electrons. The molecule has 3 heteroatoms. The van der Waals surface area contributed by atoms with Gasteiger partial charge in [-0.2, -0.15) is 5.26 Å². The molecule has 0 amide bonds. The average molecular weight is 280 g/mol. The summed E-state index contributed by atoms with van der Waals surface area (Å²) in [4.78, 5) is 4.62. The van der Waals surface area contributed by atoms with Crippen LogP contribution in [0.2, 0.25) is 0 Å². The Bertz CT molecular complexity index is 644. The van der Waals surface area contributed by atoms with Crippen molar-refractivity contribution in [3.05, 3.63) is 47.7 Å². The van der Waals surface area contributed by atoms with Gasteiger partial charge in [-0.25, -0.2) is 0 Å². The number of rotatable bonds is 6. The van der Waals surface area contributed by atoms with Crippen LogP contribution in [0.1, 0.15) is 31.0 Å². The summed E-state index contributed by atoms with van der Waals surface area (Å²) in [6, 6.07) is 14.1. The monoisotopic (exact) mass is 280 g/mol. The second-order valence-electron chi connectivity index (χ2n) is 4.97. The number of hydrogen-bond donors (Lipinski definition) is 0. The quantitative estimate of drug-likeness (QED) is 0.741. The lowest BCUT2D eigenvalue weighted by atomic mass is 10.1. The van der Waals surface area contributed by atoms with Crippen molar-refractivity contribution < 1.29 is 4.74 Å². The fraction of sp³-hybridized carbons (Fsp3) is 0.333. The van der Waals surface area contributed by atoms with Crippen molar-refractivity contribution in [1.82, 2.24) is 4.98 Å². The third-order valence-corrected chi connectivity index (χ3v) is 3.38. The number of nitrogens with zero attached hydrogens (tertiary/aromatic N) is 2. The number of ether oxygens (including phenoxy) is 1. The van der Waals surface area contributed by atoms with Gasteiger partial charge in [-0.15, -0.1) is 0 Å². The summed E-state index contributed by atoms with van der Waals surface area (Å²) in [5.41, 5.74) is 3.77. The lowest BCUT2D eigenvalue weighted by Gasteiger charge is -2.12. The molecule has 0 aliphatic rings. The number of aromatic nitrogens is 1. The predicted molar refractivity (Wildman–Crippen MR) is 84.1 cm³/mol. The molecule has 0 bridgehead atoms. The first kappa shape index (κ1) is 15.1. The molecule has 1 aromatic heterocycles. The Balaban J connectivity index is 2.29. The van der Waals surface area contributed by atoms with Gasteiger partial charge in [0.2, 0.25) is 0 Å². The average Bonchev–Trinajstić information content (AvgIpc) is 2.50. The van der Waals surface area contributed by atoms with E-state index < -0.39 is 0 Å². The Labute approximate surface area is 126 Å². The summed E-state index contributed by atoms with van der Waals surface area (Å²) in [5, 5.41) is 8.80. The molecule has 0 saturated heterocycles. The van der Waals surface area contributed by atoms with Gasteiger partial charge in [-0.3, -0.25) is 4.98 Å². The van der Waals surface area contributed by atoms with E-state index in [4.69, 9.17) is 10.00 Å². The molecule has 0 aliphatic carbocycles. The van der Waals surface area contributed by atoms with Gasteiger partial charge in [-0.1, -0.05) is 31.5 Å². The van der Waals surface area contributed by atoms with Crippen molar-refractivity contribution in [1.29, 1.82) is 5.26 Å². The number of unbranched alkanes of at least 4 members (excludes halogenated alkanes) is 1. The normalized spacial score (nSPS) is 10.1. The maximum absolute atomic E-state index is 8.80. The van der Waals surface area contributed by atoms with Gasteiger partial charge in [0.1, 0.15) is 5.75 Å². The third kappa shape index (κ3) is 3.82. The van der Waals surface area contributed by atoms with Crippen LogP contribution in [0.4, 0.5) is 0 Å². The maximum atomic E-state index is 8.80. The van der Waals surface area contributed by atoms with E-state index in [1.807, 2.05) is 43.3 Å². The second kappa shape index (κ2) is 7.44. The van der Waals surface area contributed by atoms with Crippen LogP contribution in [0, 0.1) is 18.3 Å². The number of hydrogen-bond acceptors (Lipinski definition) is 3. The minimum Gasteiger partial charge on any atom is -0.493 e. The zero-order chi connectivity index (χ0) is 15.1. The van der Waals surface area contributed by atoms with E-state index in [1.54, 1.807) is 0 Å². The van der Waals surface area contributed by atoms with E-state index in [2.05, 4.69) is 18.0 Å². The topological polar surface area (TPSA) is 45.9 Å². The van der Waals surface area contributed by atoms with Gasteiger partial charge in [0.15, 0.2) is 0 Å². The largest absolute Gasteiger partial charge is 0.493 e. The summed E-state index contributed by atoms with van der Waals surface area (Å²) in [5.74, 6) is 0.867. The molecule has 2 rings (SSSR count). The molecule has 1 aromatic carbocycles. The minimum atomic E-state index is 0.397. The maximum Gasteiger partial charge on any atom is 0.128 e. The summed E-state index contributed by atoms with van der Waals surface area (Å²) < 4.78 is 5.86. The zero-order valence-electron chi connectivity index (χ0n) is 12.6. The van der Waals surface area contributed by atoms with Gasteiger partial charge in [0.25, 0.3) is 0 Å². The highest BCUT2D eigenvalue weighted by molar-refractivity contribution is 5.67. The van der Waals surface area contributed by atoms with E-state index in [-0.39, 0.29) is 0 Å². The van der Waals surface area contributed by atoms with Crippen molar-refractivity contribution in [3.8, 4) is 23.1 Å². The molecule has 0 fully saturated rings. The summed E-state index contributed by atoms with van der Waals surface area (Å²) in [6.07, 6.45) is 2.55. The van der Waals surface area contributed by atoms with Gasteiger partial charge in [0.05, 0.1) is 24.8 Å². The molecule has 3 nitrogen and oxygen atoms in total. The van der Waals surface area contributed by atoms with Gasteiger partial charge in [-0.05, 0) is 37.1 Å². The lowest BCUT2D eigenvalue weighted by Crippen LogP contribution is -1.99. The van der Waals surface area contributed by atoms with Crippen molar-refractivity contribution in [2.75, 3.05) is 6.61 Å². The molecule has 21 heavy (non-hydrogen) atoms. The zero-order valence-corrected chi connectivity index (χ0v) is 12.6. The van der Waals surface area contributed by atoms with Gasteiger partial charge in [0, 0.05) is 11.3 Å². The Morgan fingerprint density at radius 2 is 2.00 bits per heavy atom. The highest BCUT2D eigenvalue weighted by Gasteiger charge is 2.09. The predicted octanol–water partition coefficient (Wildman–Crippen LogP) is 4.30. The first-order valence-electron chi connectivity index (χ1n) is 7.32. The van der Waals surface area contributed by atoms with Crippen molar-refractivity contribution >= 4 is 0 Å². The SMILES string of the molecule is CCCCOc1ccccc1-c1ccc(CC#N)c(C)n1. The molecule has 0 spiro atoms. The number of nitriles is 1. The molecule has 1 heterocycles. The van der Waals surface area contributed by atoms with Crippen molar-refractivity contribution in [2.24, 2.45) is 0 Å². The molecule has 0 radical (unpaired) electrons. The van der Waals surface area contributed by atoms with Crippen molar-refractivity contribution in [3.63, 3.8) is 0 Å². The van der Waals surface area contributed by atoms with Gasteiger partial charge >= 0.3 is 0 Å². The minimum absolute atomic E-state index is 0.397. The Kier molecular flexibility index (Phi) is 5.34. The molecular formula is C18H20N2O. The van der Waals surface area contributed by atoms with E-state index >= 15 is 0 Å². The highest BCUT2D eigenvalue weighted by Crippen LogP contribution is 2.29. The van der Waals surface area contributed by atoms with Crippen LogP contribution in [0.3, 0.4) is 0 Å². The van der Waals surface area contributed by atoms with E-state index in [9.17, 15) is 0 Å². The molecule has 0 aliphatic heterocycles. The molecule has 0 atom stereocenters. The van der Waals surface area contributed by atoms with Crippen molar-refractivity contribution in [2.45, 2.75) is 33.1 Å². The second-order valence-corrected chi connectivity index (χ2v) is 4.97. The van der Waals surface area contributed by atoms with E-state index in [1.165, 1.54) is 0 Å². The summed E-state index contributed by atoms with van der Waals surface area (Å²) in [7, 11) is 0. The first-order valence-corrected chi connectivity index (χ1v) is 7.32. The first-order chi connectivity index (χ1) is 10.3. The van der Waals surface area contributed by atoms with Crippen LogP contribution in [0.25, 0.3) is 11.3 Å². The van der Waals surface area contributed by atoms with Crippen LogP contribution >= 0.6 is 0 Å². The van der Waals surface area contributed by atoms with Crippen LogP contribution < -0.4 is 4.74 Å². The Morgan fingerprint density at radius 1 is 1.19 bits per heavy atom. The number of benzene rings is 1. The molecule has 0 N–H and O–H groups in total. The molecular weight excluding hydrogens is 260 g/mol. The summed E-state index contributed by atoms with van der Waals surface area (Å²) in [6.45, 7) is 4.81.